The molecule has 1 unspecified atom stereocenters. The monoisotopic (exact) mass is 251 g/mol. The minimum Gasteiger partial charge on any atom is -0.324 e. The maximum atomic E-state index is 13.4. The Bertz CT molecular complexity index is 537. The highest BCUT2D eigenvalue weighted by Gasteiger charge is 2.11. The largest absolute Gasteiger partial charge is 0.324 e. The Morgan fingerprint density at radius 2 is 1.50 bits per heavy atom. The highest BCUT2D eigenvalue weighted by atomic mass is 19.1. The van der Waals surface area contributed by atoms with Crippen LogP contribution in [0, 0.1) is 17.5 Å². The van der Waals surface area contributed by atoms with Gasteiger partial charge in [0, 0.05) is 12.1 Å². The molecule has 2 aromatic carbocycles. The van der Waals surface area contributed by atoms with E-state index in [1.54, 1.807) is 12.1 Å². The summed E-state index contributed by atoms with van der Waals surface area (Å²) in [5.74, 6) is -1.59. The molecule has 4 heteroatoms. The van der Waals surface area contributed by atoms with Gasteiger partial charge in [0.15, 0.2) is 0 Å². The van der Waals surface area contributed by atoms with Crippen LogP contribution in [0.5, 0.6) is 0 Å². The van der Waals surface area contributed by atoms with E-state index in [0.717, 1.165) is 6.07 Å². The Morgan fingerprint density at radius 3 is 2.11 bits per heavy atom. The van der Waals surface area contributed by atoms with Crippen molar-refractivity contribution in [2.75, 3.05) is 0 Å². The zero-order valence-corrected chi connectivity index (χ0v) is 9.54. The van der Waals surface area contributed by atoms with Crippen molar-refractivity contribution < 1.29 is 13.2 Å². The standard InChI is InChI=1S/C14H12F3N/c15-11-4-1-9(2-5-11)14(18)7-10-3-6-12(16)8-13(10)17/h1-6,8,14H,7,18H2. The molecule has 94 valence electrons. The highest BCUT2D eigenvalue weighted by Crippen LogP contribution is 2.19. The summed E-state index contributed by atoms with van der Waals surface area (Å²) in [5, 5.41) is 0. The molecule has 2 rings (SSSR count). The molecule has 0 aromatic heterocycles. The van der Waals surface area contributed by atoms with Crippen molar-refractivity contribution in [3.63, 3.8) is 0 Å². The minimum absolute atomic E-state index is 0.234. The first kappa shape index (κ1) is 12.6. The first-order chi connectivity index (χ1) is 8.56. The van der Waals surface area contributed by atoms with E-state index in [4.69, 9.17) is 5.73 Å². The molecule has 18 heavy (non-hydrogen) atoms. The highest BCUT2D eigenvalue weighted by molar-refractivity contribution is 5.25. The lowest BCUT2D eigenvalue weighted by molar-refractivity contribution is 0.562. The van der Waals surface area contributed by atoms with Gasteiger partial charge in [-0.25, -0.2) is 13.2 Å². The van der Waals surface area contributed by atoms with Crippen molar-refractivity contribution in [3.05, 3.63) is 71.0 Å². The van der Waals surface area contributed by atoms with Crippen molar-refractivity contribution >= 4 is 0 Å². The molecule has 0 aliphatic heterocycles. The molecule has 0 radical (unpaired) electrons. The molecule has 1 nitrogen and oxygen atoms in total. The third-order valence-corrected chi connectivity index (χ3v) is 2.75. The molecule has 0 aliphatic carbocycles. The third kappa shape index (κ3) is 2.90. The van der Waals surface area contributed by atoms with Crippen molar-refractivity contribution in [3.8, 4) is 0 Å². The zero-order valence-electron chi connectivity index (χ0n) is 9.54. The third-order valence-electron chi connectivity index (χ3n) is 2.75. The van der Waals surface area contributed by atoms with Gasteiger partial charge in [-0.15, -0.1) is 0 Å². The van der Waals surface area contributed by atoms with Crippen LogP contribution in [0.2, 0.25) is 0 Å². The van der Waals surface area contributed by atoms with Crippen LogP contribution in [-0.4, -0.2) is 0 Å². The Kier molecular flexibility index (Phi) is 3.67. The van der Waals surface area contributed by atoms with Crippen LogP contribution >= 0.6 is 0 Å². The molecule has 0 bridgehead atoms. The van der Waals surface area contributed by atoms with E-state index in [-0.39, 0.29) is 12.2 Å². The molecule has 0 aliphatic rings. The Hall–Kier alpha value is -1.81. The smallest absolute Gasteiger partial charge is 0.129 e. The molecule has 2 N–H and O–H groups in total. The van der Waals surface area contributed by atoms with Crippen molar-refractivity contribution in [2.24, 2.45) is 5.73 Å². The lowest BCUT2D eigenvalue weighted by Crippen LogP contribution is -2.14. The van der Waals surface area contributed by atoms with Crippen molar-refractivity contribution in [1.82, 2.24) is 0 Å². The average Bonchev–Trinajstić information content (AvgIpc) is 2.33. The number of hydrogen-bond acceptors (Lipinski definition) is 1. The number of halogens is 3. The fraction of sp³-hybridized carbons (Fsp3) is 0.143. The van der Waals surface area contributed by atoms with Crippen LogP contribution in [0.3, 0.4) is 0 Å². The summed E-state index contributed by atoms with van der Waals surface area (Å²) in [6.07, 6.45) is 0.234. The van der Waals surface area contributed by atoms with E-state index >= 15 is 0 Å². The fourth-order valence-corrected chi connectivity index (χ4v) is 1.75. The summed E-state index contributed by atoms with van der Waals surface area (Å²) in [6, 6.07) is 8.65. The normalized spacial score (nSPS) is 12.4. The Balaban J connectivity index is 2.15. The second kappa shape index (κ2) is 5.23. The van der Waals surface area contributed by atoms with Crippen molar-refractivity contribution in [2.45, 2.75) is 12.5 Å². The summed E-state index contributed by atoms with van der Waals surface area (Å²) in [5.41, 5.74) is 6.95. The van der Waals surface area contributed by atoms with Gasteiger partial charge in [-0.1, -0.05) is 18.2 Å². The molecule has 1 atom stereocenters. The van der Waals surface area contributed by atoms with Crippen LogP contribution in [0.15, 0.2) is 42.5 Å². The molecule has 0 amide bonds. The maximum Gasteiger partial charge on any atom is 0.129 e. The fourth-order valence-electron chi connectivity index (χ4n) is 1.75. The van der Waals surface area contributed by atoms with E-state index in [0.29, 0.717) is 11.1 Å². The predicted molar refractivity (Wildman–Crippen MR) is 63.4 cm³/mol. The quantitative estimate of drug-likeness (QED) is 0.889. The van der Waals surface area contributed by atoms with E-state index < -0.39 is 17.7 Å². The molecule has 0 heterocycles. The molecular weight excluding hydrogens is 239 g/mol. The van der Waals surface area contributed by atoms with Gasteiger partial charge in [-0.05, 0) is 35.7 Å². The average molecular weight is 251 g/mol. The van der Waals surface area contributed by atoms with Crippen molar-refractivity contribution in [1.29, 1.82) is 0 Å². The van der Waals surface area contributed by atoms with E-state index in [1.165, 1.54) is 24.3 Å². The molecule has 0 saturated heterocycles. The number of nitrogens with two attached hydrogens (primary N) is 1. The van der Waals surface area contributed by atoms with E-state index in [9.17, 15) is 13.2 Å². The SMILES string of the molecule is NC(Cc1ccc(F)cc1F)c1ccc(F)cc1. The zero-order chi connectivity index (χ0) is 13.1. The summed E-state index contributed by atoms with van der Waals surface area (Å²) < 4.78 is 38.9. The van der Waals surface area contributed by atoms with Gasteiger partial charge in [0.2, 0.25) is 0 Å². The van der Waals surface area contributed by atoms with Gasteiger partial charge in [0.05, 0.1) is 0 Å². The second-order valence-electron chi connectivity index (χ2n) is 4.10. The van der Waals surface area contributed by atoms with Crippen LogP contribution in [0.1, 0.15) is 17.2 Å². The summed E-state index contributed by atoms with van der Waals surface area (Å²) in [7, 11) is 0. The van der Waals surface area contributed by atoms with Gasteiger partial charge in [0.25, 0.3) is 0 Å². The van der Waals surface area contributed by atoms with Gasteiger partial charge in [-0.2, -0.15) is 0 Å². The van der Waals surface area contributed by atoms with Crippen LogP contribution in [-0.2, 0) is 6.42 Å². The molecular formula is C14H12F3N. The van der Waals surface area contributed by atoms with Crippen LogP contribution < -0.4 is 5.73 Å². The molecule has 0 spiro atoms. The first-order valence-electron chi connectivity index (χ1n) is 5.51. The number of hydrogen-bond donors (Lipinski definition) is 1. The summed E-state index contributed by atoms with van der Waals surface area (Å²) in [4.78, 5) is 0. The van der Waals surface area contributed by atoms with Gasteiger partial charge >= 0.3 is 0 Å². The topological polar surface area (TPSA) is 26.0 Å². The van der Waals surface area contributed by atoms with Gasteiger partial charge in [-0.3, -0.25) is 0 Å². The van der Waals surface area contributed by atoms with Crippen LogP contribution in [0.4, 0.5) is 13.2 Å². The summed E-state index contributed by atoms with van der Waals surface area (Å²) in [6.45, 7) is 0. The number of rotatable bonds is 3. The molecule has 0 fully saturated rings. The Morgan fingerprint density at radius 1 is 0.889 bits per heavy atom. The second-order valence-corrected chi connectivity index (χ2v) is 4.10. The maximum absolute atomic E-state index is 13.4. The predicted octanol–water partition coefficient (Wildman–Crippen LogP) is 3.35. The van der Waals surface area contributed by atoms with Gasteiger partial charge in [0.1, 0.15) is 17.5 Å². The van der Waals surface area contributed by atoms with Gasteiger partial charge < -0.3 is 5.73 Å². The van der Waals surface area contributed by atoms with E-state index in [1.807, 2.05) is 0 Å². The first-order valence-corrected chi connectivity index (χ1v) is 5.51. The number of benzene rings is 2. The molecule has 2 aromatic rings. The lowest BCUT2D eigenvalue weighted by atomic mass is 9.99. The Labute approximate surface area is 103 Å². The molecule has 0 saturated carbocycles. The van der Waals surface area contributed by atoms with Crippen LogP contribution in [0.25, 0.3) is 0 Å². The van der Waals surface area contributed by atoms with E-state index in [2.05, 4.69) is 0 Å². The minimum atomic E-state index is -0.619. The lowest BCUT2D eigenvalue weighted by Gasteiger charge is -2.12. The summed E-state index contributed by atoms with van der Waals surface area (Å²) >= 11 is 0.